The van der Waals surface area contributed by atoms with Crippen LogP contribution >= 0.6 is 0 Å². The van der Waals surface area contributed by atoms with Crippen LogP contribution in [0, 0.1) is 5.92 Å². The van der Waals surface area contributed by atoms with Crippen molar-refractivity contribution in [3.63, 3.8) is 0 Å². The number of nitrogens with zero attached hydrogens (tertiary/aromatic N) is 5. The van der Waals surface area contributed by atoms with Gasteiger partial charge < -0.3 is 24.8 Å². The van der Waals surface area contributed by atoms with Crippen LogP contribution in [0.15, 0.2) is 30.6 Å². The molecule has 0 radical (unpaired) electrons. The summed E-state index contributed by atoms with van der Waals surface area (Å²) in [4.78, 5) is 41.5. The Bertz CT molecular complexity index is 1160. The summed E-state index contributed by atoms with van der Waals surface area (Å²) in [5.41, 5.74) is 2.46. The highest BCUT2D eigenvalue weighted by molar-refractivity contribution is 5.93. The Kier molecular flexibility index (Phi) is 7.72. The Hall–Kier alpha value is -3.36. The Morgan fingerprint density at radius 3 is 2.63 bits per heavy atom. The number of urea groups is 1. The topological polar surface area (TPSA) is 90.9 Å². The third-order valence-corrected chi connectivity index (χ3v) is 8.81. The lowest BCUT2D eigenvalue weighted by molar-refractivity contribution is 0.0684. The first-order valence-corrected chi connectivity index (χ1v) is 13.7. The third-order valence-electron chi connectivity index (χ3n) is 8.81. The average molecular weight is 521 g/mol. The SMILES string of the molecule is C.COc1ccc2c(c1)CCN(C1CCN(c3cc(C(=O)N4CCC5CCCCC54)ncn3)CC1)C(=O)N2. The molecule has 0 bridgehead atoms. The van der Waals surface area contributed by atoms with Crippen LogP contribution in [0.2, 0.25) is 0 Å². The average Bonchev–Trinajstić information content (AvgIpc) is 3.30. The van der Waals surface area contributed by atoms with Crippen LogP contribution < -0.4 is 15.0 Å². The zero-order valence-corrected chi connectivity index (χ0v) is 21.6. The number of aromatic nitrogens is 2. The molecule has 1 N–H and O–H groups in total. The molecule has 4 heterocycles. The molecule has 9 nitrogen and oxygen atoms in total. The highest BCUT2D eigenvalue weighted by Crippen LogP contribution is 2.37. The number of nitrogens with one attached hydrogen (secondary N) is 1. The van der Waals surface area contributed by atoms with Crippen LogP contribution in [0.3, 0.4) is 0 Å². The lowest BCUT2D eigenvalue weighted by atomic mass is 9.85. The number of amides is 3. The van der Waals surface area contributed by atoms with Crippen LogP contribution in [-0.4, -0.2) is 77.1 Å². The molecular formula is C29H40N6O3. The van der Waals surface area contributed by atoms with Crippen molar-refractivity contribution in [2.24, 2.45) is 5.92 Å². The Morgan fingerprint density at radius 1 is 1.00 bits per heavy atom. The fourth-order valence-electron chi connectivity index (χ4n) is 6.75. The quantitative estimate of drug-likeness (QED) is 0.634. The predicted molar refractivity (Wildman–Crippen MR) is 148 cm³/mol. The molecule has 2 atom stereocenters. The van der Waals surface area contributed by atoms with Crippen molar-refractivity contribution in [3.8, 4) is 5.75 Å². The van der Waals surface area contributed by atoms with E-state index in [1.54, 1.807) is 7.11 Å². The number of carbonyl (C=O) groups is 2. The number of likely N-dealkylation sites (tertiary alicyclic amines) is 1. The van der Waals surface area contributed by atoms with Crippen LogP contribution in [0.5, 0.6) is 5.75 Å². The van der Waals surface area contributed by atoms with Gasteiger partial charge in [0.15, 0.2) is 0 Å². The van der Waals surface area contributed by atoms with E-state index < -0.39 is 0 Å². The highest BCUT2D eigenvalue weighted by atomic mass is 16.5. The molecule has 3 amide bonds. The van der Waals surface area contributed by atoms with Crippen molar-refractivity contribution >= 4 is 23.4 Å². The van der Waals surface area contributed by atoms with Gasteiger partial charge in [-0.05, 0) is 68.2 Å². The van der Waals surface area contributed by atoms with Crippen molar-refractivity contribution in [3.05, 3.63) is 41.9 Å². The summed E-state index contributed by atoms with van der Waals surface area (Å²) in [6.07, 6.45) is 10.0. The molecule has 9 heteroatoms. The minimum absolute atomic E-state index is 0. The molecule has 3 fully saturated rings. The molecule has 2 unspecified atom stereocenters. The Labute approximate surface area is 225 Å². The number of fused-ring (bicyclic) bond motifs is 2. The molecule has 0 spiro atoms. The number of hydrogen-bond acceptors (Lipinski definition) is 6. The first kappa shape index (κ1) is 26.3. The number of benzene rings is 1. The van der Waals surface area contributed by atoms with E-state index in [1.165, 1.54) is 25.6 Å². The van der Waals surface area contributed by atoms with Gasteiger partial charge in [0.05, 0.1) is 7.11 Å². The van der Waals surface area contributed by atoms with Crippen molar-refractivity contribution in [2.75, 3.05) is 43.5 Å². The molecule has 6 rings (SSSR count). The van der Waals surface area contributed by atoms with Crippen LogP contribution in [0.1, 0.15) is 68.4 Å². The third kappa shape index (κ3) is 5.02. The van der Waals surface area contributed by atoms with E-state index in [9.17, 15) is 9.59 Å². The summed E-state index contributed by atoms with van der Waals surface area (Å²) >= 11 is 0. The second kappa shape index (κ2) is 11.2. The highest BCUT2D eigenvalue weighted by Gasteiger charge is 2.39. The van der Waals surface area contributed by atoms with E-state index in [1.807, 2.05) is 29.2 Å². The monoisotopic (exact) mass is 520 g/mol. The first-order chi connectivity index (χ1) is 18.1. The Balaban J connectivity index is 0.00000294. The van der Waals surface area contributed by atoms with Gasteiger partial charge in [0.2, 0.25) is 0 Å². The maximum Gasteiger partial charge on any atom is 0.322 e. The number of carbonyl (C=O) groups excluding carboxylic acids is 2. The molecule has 204 valence electrons. The van der Waals surface area contributed by atoms with Crippen molar-refractivity contribution in [2.45, 2.75) is 70.9 Å². The number of piperidine rings is 1. The summed E-state index contributed by atoms with van der Waals surface area (Å²) in [6, 6.07) is 8.18. The van der Waals surface area contributed by atoms with Gasteiger partial charge in [-0.25, -0.2) is 14.8 Å². The van der Waals surface area contributed by atoms with Gasteiger partial charge >= 0.3 is 6.03 Å². The van der Waals surface area contributed by atoms with Crippen molar-refractivity contribution in [1.82, 2.24) is 19.8 Å². The summed E-state index contributed by atoms with van der Waals surface area (Å²) < 4.78 is 5.35. The second-order valence-electron chi connectivity index (χ2n) is 10.8. The molecule has 2 saturated heterocycles. The zero-order valence-electron chi connectivity index (χ0n) is 21.6. The van der Waals surface area contributed by atoms with Gasteiger partial charge in [-0.3, -0.25) is 4.79 Å². The van der Waals surface area contributed by atoms with Gasteiger partial charge in [0, 0.05) is 50.0 Å². The van der Waals surface area contributed by atoms with Crippen molar-refractivity contribution < 1.29 is 14.3 Å². The lowest BCUT2D eigenvalue weighted by Crippen LogP contribution is -2.49. The molecule has 1 aromatic carbocycles. The molecule has 4 aliphatic rings. The van der Waals surface area contributed by atoms with Gasteiger partial charge in [-0.15, -0.1) is 0 Å². The second-order valence-corrected chi connectivity index (χ2v) is 10.8. The van der Waals surface area contributed by atoms with E-state index in [2.05, 4.69) is 25.1 Å². The standard InChI is InChI=1S/C28H36N6O3.CH4/c1-37-22-6-7-23-20(16-22)9-14-33(28(36)31-23)21-10-12-32(13-11-21)26-17-24(29-18-30-26)27(35)34-15-8-19-4-2-3-5-25(19)34;/h6-7,16-19,21,25H,2-5,8-15H2,1H3,(H,31,36);1H4. The molecule has 38 heavy (non-hydrogen) atoms. The van der Waals surface area contributed by atoms with Crippen LogP contribution in [0.25, 0.3) is 0 Å². The van der Waals surface area contributed by atoms with Gasteiger partial charge in [0.25, 0.3) is 5.91 Å². The molecule has 1 aromatic heterocycles. The molecule has 3 aliphatic heterocycles. The number of ether oxygens (including phenoxy) is 1. The summed E-state index contributed by atoms with van der Waals surface area (Å²) in [7, 11) is 1.66. The number of rotatable bonds is 4. The summed E-state index contributed by atoms with van der Waals surface area (Å²) in [5.74, 6) is 2.31. The molecule has 2 aromatic rings. The fourth-order valence-corrected chi connectivity index (χ4v) is 6.75. The molecule has 1 aliphatic carbocycles. The van der Waals surface area contributed by atoms with E-state index in [0.717, 1.165) is 74.6 Å². The summed E-state index contributed by atoms with van der Waals surface area (Å²) in [5, 5.41) is 3.09. The Morgan fingerprint density at radius 2 is 1.82 bits per heavy atom. The number of hydrogen-bond donors (Lipinski definition) is 1. The van der Waals surface area contributed by atoms with Gasteiger partial charge in [-0.2, -0.15) is 0 Å². The largest absolute Gasteiger partial charge is 0.497 e. The van der Waals surface area contributed by atoms with Crippen LogP contribution in [-0.2, 0) is 6.42 Å². The van der Waals surface area contributed by atoms with E-state index >= 15 is 0 Å². The minimum atomic E-state index is -0.0380. The number of methoxy groups -OCH3 is 1. The van der Waals surface area contributed by atoms with E-state index in [0.29, 0.717) is 24.2 Å². The maximum atomic E-state index is 13.4. The predicted octanol–water partition coefficient (Wildman–Crippen LogP) is 4.59. The van der Waals surface area contributed by atoms with Crippen LogP contribution in [0.4, 0.5) is 16.3 Å². The fraction of sp³-hybridized carbons (Fsp3) is 0.586. The maximum absolute atomic E-state index is 13.4. The van der Waals surface area contributed by atoms with Gasteiger partial charge in [0.1, 0.15) is 23.6 Å². The summed E-state index contributed by atoms with van der Waals surface area (Å²) in [6.45, 7) is 3.09. The van der Waals surface area contributed by atoms with E-state index in [4.69, 9.17) is 4.74 Å². The smallest absolute Gasteiger partial charge is 0.322 e. The number of anilines is 2. The first-order valence-electron chi connectivity index (χ1n) is 13.7. The molecule has 1 saturated carbocycles. The normalized spacial score (nSPS) is 23.6. The zero-order chi connectivity index (χ0) is 25.4. The molecular weight excluding hydrogens is 480 g/mol. The van der Waals surface area contributed by atoms with Crippen molar-refractivity contribution in [1.29, 1.82) is 0 Å². The lowest BCUT2D eigenvalue weighted by Gasteiger charge is -2.38. The minimum Gasteiger partial charge on any atom is -0.497 e. The van der Waals surface area contributed by atoms with Gasteiger partial charge in [-0.1, -0.05) is 20.3 Å². The van der Waals surface area contributed by atoms with E-state index in [-0.39, 0.29) is 25.4 Å².